The summed E-state index contributed by atoms with van der Waals surface area (Å²) in [6.45, 7) is 18.3. The third-order valence-electron chi connectivity index (χ3n) is 5.49. The van der Waals surface area contributed by atoms with E-state index in [9.17, 15) is 0 Å². The minimum absolute atomic E-state index is 0.634. The fourth-order valence-electron chi connectivity index (χ4n) is 3.86. The van der Waals surface area contributed by atoms with E-state index in [2.05, 4.69) is 108 Å². The first kappa shape index (κ1) is 23.1. The Kier molecular flexibility index (Phi) is 8.45. The maximum absolute atomic E-state index is 3.80. The zero-order chi connectivity index (χ0) is 20.8. The fourth-order valence-corrected chi connectivity index (χ4v) is 9.07. The summed E-state index contributed by atoms with van der Waals surface area (Å²) in [6, 6.07) is 8.36. The Bertz CT molecular complexity index is 746. The second kappa shape index (κ2) is 9.87. The van der Waals surface area contributed by atoms with Gasteiger partial charge in [-0.25, -0.2) is 0 Å². The molecule has 0 spiro atoms. The van der Waals surface area contributed by atoms with E-state index in [1.807, 2.05) is 14.1 Å². The molecule has 0 N–H and O–H groups in total. The zero-order valence-corrected chi connectivity index (χ0v) is 20.0. The van der Waals surface area contributed by atoms with E-state index in [4.69, 9.17) is 0 Å². The Morgan fingerprint density at radius 3 is 1.67 bits per heavy atom. The van der Waals surface area contributed by atoms with Gasteiger partial charge in [0.05, 0.1) is 5.57 Å². The van der Waals surface area contributed by atoms with E-state index >= 15 is 0 Å². The van der Waals surface area contributed by atoms with Crippen LogP contribution in [0.25, 0.3) is 0 Å². The lowest BCUT2D eigenvalue weighted by Gasteiger charge is -2.38. The second-order valence-corrected chi connectivity index (χ2v) is 14.3. The molecular weight excluding hydrogens is 342 g/mol. The molecular formula is C25H37NSi. The standard InChI is InChI=1S/C25H37NSi/c1-19(2)24(14-11-23-12-15-25(16-13-23)26(9)10)17-18-27(20(3)4,21(5)6)22(7)8/h12-13,15-16,20-22H,1-10H3. The van der Waals surface area contributed by atoms with E-state index < -0.39 is 8.07 Å². The Morgan fingerprint density at radius 2 is 1.30 bits per heavy atom. The van der Waals surface area contributed by atoms with Crippen LogP contribution in [0.4, 0.5) is 5.69 Å². The van der Waals surface area contributed by atoms with Crippen LogP contribution >= 0.6 is 0 Å². The topological polar surface area (TPSA) is 3.24 Å². The number of benzene rings is 1. The number of allylic oxidation sites excluding steroid dienone is 2. The minimum atomic E-state index is -1.73. The van der Waals surface area contributed by atoms with E-state index in [0.29, 0.717) is 16.6 Å². The third-order valence-corrected chi connectivity index (χ3v) is 11.8. The molecule has 0 aromatic heterocycles. The number of hydrogen-bond donors (Lipinski definition) is 0. The summed E-state index contributed by atoms with van der Waals surface area (Å²) in [4.78, 5) is 2.10. The maximum atomic E-state index is 3.80. The highest BCUT2D eigenvalue weighted by atomic mass is 28.3. The van der Waals surface area contributed by atoms with Crippen LogP contribution in [0.1, 0.15) is 61.0 Å². The molecule has 0 aliphatic carbocycles. The SMILES string of the molecule is CC(C)=C(C#Cc1ccc(N(C)C)cc1)C#C[Si](C(C)C)(C(C)C)C(C)C. The Morgan fingerprint density at radius 1 is 0.815 bits per heavy atom. The van der Waals surface area contributed by atoms with E-state index in [1.165, 1.54) is 11.3 Å². The highest BCUT2D eigenvalue weighted by molar-refractivity contribution is 6.90. The Hall–Kier alpha value is -1.90. The van der Waals surface area contributed by atoms with Gasteiger partial charge in [-0.3, -0.25) is 0 Å². The van der Waals surface area contributed by atoms with Crippen LogP contribution in [0.15, 0.2) is 35.4 Å². The quantitative estimate of drug-likeness (QED) is 0.417. The van der Waals surface area contributed by atoms with Crippen molar-refractivity contribution in [3.63, 3.8) is 0 Å². The van der Waals surface area contributed by atoms with Crippen molar-refractivity contribution >= 4 is 13.8 Å². The van der Waals surface area contributed by atoms with Crippen LogP contribution < -0.4 is 4.90 Å². The van der Waals surface area contributed by atoms with Crippen LogP contribution in [0.5, 0.6) is 0 Å². The van der Waals surface area contributed by atoms with Crippen LogP contribution in [0.3, 0.4) is 0 Å². The molecule has 1 aromatic rings. The first-order chi connectivity index (χ1) is 12.5. The number of anilines is 1. The van der Waals surface area contributed by atoms with Crippen molar-refractivity contribution in [1.29, 1.82) is 0 Å². The Balaban J connectivity index is 3.28. The molecule has 2 heteroatoms. The summed E-state index contributed by atoms with van der Waals surface area (Å²) < 4.78 is 0. The molecule has 0 fully saturated rings. The molecule has 1 aromatic carbocycles. The minimum Gasteiger partial charge on any atom is -0.378 e. The highest BCUT2D eigenvalue weighted by Gasteiger charge is 2.41. The van der Waals surface area contributed by atoms with Crippen molar-refractivity contribution in [3.05, 3.63) is 41.0 Å². The lowest BCUT2D eigenvalue weighted by molar-refractivity contribution is 0.838. The molecule has 0 unspecified atom stereocenters. The summed E-state index contributed by atoms with van der Waals surface area (Å²) in [6.07, 6.45) is 0. The van der Waals surface area contributed by atoms with Gasteiger partial charge in [-0.05, 0) is 54.7 Å². The van der Waals surface area contributed by atoms with Gasteiger partial charge in [-0.2, -0.15) is 0 Å². The number of rotatable bonds is 4. The second-order valence-electron chi connectivity index (χ2n) is 8.71. The van der Waals surface area contributed by atoms with Gasteiger partial charge in [-0.15, -0.1) is 5.54 Å². The number of nitrogens with zero attached hydrogens (tertiary/aromatic N) is 1. The molecule has 0 saturated heterocycles. The van der Waals surface area contributed by atoms with Crippen molar-refractivity contribution in [2.45, 2.75) is 72.0 Å². The summed E-state index contributed by atoms with van der Waals surface area (Å²) >= 11 is 0. The predicted molar refractivity (Wildman–Crippen MR) is 125 cm³/mol. The third kappa shape index (κ3) is 5.79. The van der Waals surface area contributed by atoms with Gasteiger partial charge in [-0.1, -0.05) is 64.9 Å². The molecule has 0 bridgehead atoms. The van der Waals surface area contributed by atoms with Crippen LogP contribution in [0.2, 0.25) is 16.6 Å². The van der Waals surface area contributed by atoms with E-state index in [0.717, 1.165) is 11.1 Å². The average molecular weight is 380 g/mol. The van der Waals surface area contributed by atoms with E-state index in [-0.39, 0.29) is 0 Å². The molecule has 27 heavy (non-hydrogen) atoms. The molecule has 0 aliphatic rings. The lowest BCUT2D eigenvalue weighted by Crippen LogP contribution is -2.43. The van der Waals surface area contributed by atoms with Gasteiger partial charge >= 0.3 is 0 Å². The molecule has 0 saturated carbocycles. The Labute approximate surface area is 169 Å². The first-order valence-corrected chi connectivity index (χ1v) is 12.3. The molecule has 0 amide bonds. The van der Waals surface area contributed by atoms with Crippen molar-refractivity contribution in [2.75, 3.05) is 19.0 Å². The predicted octanol–water partition coefficient (Wildman–Crippen LogP) is 6.66. The van der Waals surface area contributed by atoms with Crippen molar-refractivity contribution in [3.8, 4) is 23.3 Å². The first-order valence-electron chi connectivity index (χ1n) is 10.0. The van der Waals surface area contributed by atoms with Crippen LogP contribution in [-0.2, 0) is 0 Å². The largest absolute Gasteiger partial charge is 0.378 e. The smallest absolute Gasteiger partial charge is 0.146 e. The summed E-state index contributed by atoms with van der Waals surface area (Å²) in [5.74, 6) is 10.2. The highest BCUT2D eigenvalue weighted by Crippen LogP contribution is 2.40. The maximum Gasteiger partial charge on any atom is 0.146 e. The van der Waals surface area contributed by atoms with Crippen molar-refractivity contribution in [2.24, 2.45) is 0 Å². The van der Waals surface area contributed by atoms with Gasteiger partial charge in [0.15, 0.2) is 0 Å². The van der Waals surface area contributed by atoms with Gasteiger partial charge in [0.25, 0.3) is 0 Å². The molecule has 0 atom stereocenters. The molecule has 1 rings (SSSR count). The van der Waals surface area contributed by atoms with Crippen molar-refractivity contribution in [1.82, 2.24) is 0 Å². The normalized spacial score (nSPS) is 11.0. The van der Waals surface area contributed by atoms with Crippen molar-refractivity contribution < 1.29 is 0 Å². The average Bonchev–Trinajstić information content (AvgIpc) is 2.57. The van der Waals surface area contributed by atoms with Crippen LogP contribution in [-0.4, -0.2) is 22.2 Å². The van der Waals surface area contributed by atoms with Gasteiger partial charge < -0.3 is 4.90 Å². The summed E-state index contributed by atoms with van der Waals surface area (Å²) in [7, 11) is 2.36. The summed E-state index contributed by atoms with van der Waals surface area (Å²) in [5, 5.41) is 0. The van der Waals surface area contributed by atoms with Crippen LogP contribution in [0, 0.1) is 23.3 Å². The van der Waals surface area contributed by atoms with E-state index in [1.54, 1.807) is 0 Å². The van der Waals surface area contributed by atoms with Gasteiger partial charge in [0.1, 0.15) is 8.07 Å². The molecule has 0 aliphatic heterocycles. The van der Waals surface area contributed by atoms with Gasteiger partial charge in [0, 0.05) is 25.3 Å². The monoisotopic (exact) mass is 379 g/mol. The summed E-state index contributed by atoms with van der Waals surface area (Å²) in [5.41, 5.74) is 10.1. The fraction of sp³-hybridized carbons (Fsp3) is 0.520. The molecule has 1 nitrogen and oxygen atoms in total. The molecule has 146 valence electrons. The molecule has 0 heterocycles. The molecule has 0 radical (unpaired) electrons. The van der Waals surface area contributed by atoms with Gasteiger partial charge in [0.2, 0.25) is 0 Å². The number of hydrogen-bond acceptors (Lipinski definition) is 1. The zero-order valence-electron chi connectivity index (χ0n) is 19.0. The lowest BCUT2D eigenvalue weighted by atomic mass is 10.1.